The van der Waals surface area contributed by atoms with Crippen molar-refractivity contribution in [2.45, 2.75) is 51.2 Å². The molecule has 1 aliphatic carbocycles. The van der Waals surface area contributed by atoms with Gasteiger partial charge >= 0.3 is 0 Å². The summed E-state index contributed by atoms with van der Waals surface area (Å²) in [6.07, 6.45) is 5.30. The number of amides is 1. The Balaban J connectivity index is 1.86. The van der Waals surface area contributed by atoms with E-state index in [1.54, 1.807) is 0 Å². The predicted molar refractivity (Wildman–Crippen MR) is 66.5 cm³/mol. The van der Waals surface area contributed by atoms with Gasteiger partial charge < -0.3 is 15.4 Å². The number of nitrogens with two attached hydrogens (primary N) is 1. The normalized spacial score (nSPS) is 32.9. The third kappa shape index (κ3) is 3.19. The molecule has 4 heteroatoms. The molecular weight excluding hydrogens is 216 g/mol. The topological polar surface area (TPSA) is 55.6 Å². The summed E-state index contributed by atoms with van der Waals surface area (Å²) >= 11 is 0. The number of likely N-dealkylation sites (N-methyl/N-ethyl adjacent to an activating group) is 1. The maximum Gasteiger partial charge on any atom is 0.225 e. The van der Waals surface area contributed by atoms with Gasteiger partial charge in [0.2, 0.25) is 5.91 Å². The Morgan fingerprint density at radius 2 is 2.24 bits per heavy atom. The highest BCUT2D eigenvalue weighted by Gasteiger charge is 2.31. The fraction of sp³-hybridized carbons (Fsp3) is 0.923. The van der Waals surface area contributed by atoms with E-state index in [9.17, 15) is 4.79 Å². The van der Waals surface area contributed by atoms with Crippen molar-refractivity contribution in [1.82, 2.24) is 4.90 Å². The summed E-state index contributed by atoms with van der Waals surface area (Å²) in [7, 11) is 0. The molecule has 98 valence electrons. The number of hydrogen-bond donors (Lipinski definition) is 1. The number of rotatable bonds is 4. The van der Waals surface area contributed by atoms with Crippen LogP contribution in [-0.4, -0.2) is 42.6 Å². The van der Waals surface area contributed by atoms with Gasteiger partial charge in [-0.25, -0.2) is 0 Å². The van der Waals surface area contributed by atoms with E-state index in [1.165, 1.54) is 0 Å². The Kier molecular flexibility index (Phi) is 4.40. The largest absolute Gasteiger partial charge is 0.376 e. The fourth-order valence-electron chi connectivity index (χ4n) is 2.91. The van der Waals surface area contributed by atoms with Gasteiger partial charge in [-0.2, -0.15) is 0 Å². The first-order chi connectivity index (χ1) is 8.20. The average Bonchev–Trinajstić information content (AvgIpc) is 2.96. The summed E-state index contributed by atoms with van der Waals surface area (Å²) in [5, 5.41) is 0. The highest BCUT2D eigenvalue weighted by atomic mass is 16.5. The lowest BCUT2D eigenvalue weighted by Crippen LogP contribution is -2.40. The summed E-state index contributed by atoms with van der Waals surface area (Å²) in [4.78, 5) is 14.3. The third-order valence-electron chi connectivity index (χ3n) is 3.96. The lowest BCUT2D eigenvalue weighted by Gasteiger charge is -2.26. The number of hydrogen-bond acceptors (Lipinski definition) is 3. The van der Waals surface area contributed by atoms with Crippen LogP contribution in [0.5, 0.6) is 0 Å². The van der Waals surface area contributed by atoms with Crippen LogP contribution in [0.2, 0.25) is 0 Å². The van der Waals surface area contributed by atoms with Crippen molar-refractivity contribution in [3.8, 4) is 0 Å². The van der Waals surface area contributed by atoms with E-state index in [-0.39, 0.29) is 24.0 Å². The van der Waals surface area contributed by atoms with E-state index < -0.39 is 0 Å². The molecule has 2 fully saturated rings. The van der Waals surface area contributed by atoms with E-state index in [0.29, 0.717) is 0 Å². The van der Waals surface area contributed by atoms with Crippen molar-refractivity contribution < 1.29 is 9.53 Å². The zero-order valence-electron chi connectivity index (χ0n) is 10.7. The van der Waals surface area contributed by atoms with Crippen LogP contribution in [0.4, 0.5) is 0 Å². The molecular formula is C13H24N2O2. The van der Waals surface area contributed by atoms with Gasteiger partial charge in [-0.3, -0.25) is 4.79 Å². The molecule has 0 aromatic carbocycles. The quantitative estimate of drug-likeness (QED) is 0.801. The van der Waals surface area contributed by atoms with Gasteiger partial charge in [0.05, 0.1) is 6.10 Å². The van der Waals surface area contributed by atoms with Crippen LogP contribution in [0.15, 0.2) is 0 Å². The molecule has 2 rings (SSSR count). The Morgan fingerprint density at radius 3 is 2.76 bits per heavy atom. The molecule has 1 aliphatic heterocycles. The molecule has 3 unspecified atom stereocenters. The Morgan fingerprint density at radius 1 is 1.41 bits per heavy atom. The van der Waals surface area contributed by atoms with Crippen LogP contribution in [0.25, 0.3) is 0 Å². The summed E-state index contributed by atoms with van der Waals surface area (Å²) in [6.45, 7) is 4.44. The fourth-order valence-corrected chi connectivity index (χ4v) is 2.91. The summed E-state index contributed by atoms with van der Waals surface area (Å²) in [5.74, 6) is 0.447. The van der Waals surface area contributed by atoms with E-state index >= 15 is 0 Å². The average molecular weight is 240 g/mol. The number of nitrogens with zero attached hydrogens (tertiary/aromatic N) is 1. The van der Waals surface area contributed by atoms with Crippen molar-refractivity contribution in [3.05, 3.63) is 0 Å². The molecule has 4 nitrogen and oxygen atoms in total. The second-order valence-corrected chi connectivity index (χ2v) is 5.28. The molecule has 0 aromatic rings. The van der Waals surface area contributed by atoms with Crippen molar-refractivity contribution in [2.75, 3.05) is 19.7 Å². The Hall–Kier alpha value is -0.610. The molecule has 2 N–H and O–H groups in total. The number of carbonyl (C=O) groups excluding carboxylic acids is 1. The molecule has 1 amide bonds. The van der Waals surface area contributed by atoms with Gasteiger partial charge in [-0.1, -0.05) is 0 Å². The molecule has 0 spiro atoms. The van der Waals surface area contributed by atoms with Gasteiger partial charge in [-0.15, -0.1) is 0 Å². The second-order valence-electron chi connectivity index (χ2n) is 5.28. The third-order valence-corrected chi connectivity index (χ3v) is 3.96. The van der Waals surface area contributed by atoms with E-state index in [0.717, 1.165) is 51.8 Å². The molecule has 2 aliphatic rings. The standard InChI is InChI=1S/C13H24N2O2/c1-2-15(9-12-4-3-7-17-12)13(16)10-5-6-11(14)8-10/h10-12H,2-9,14H2,1H3. The van der Waals surface area contributed by atoms with Crippen molar-refractivity contribution >= 4 is 5.91 Å². The van der Waals surface area contributed by atoms with E-state index in [1.807, 2.05) is 11.8 Å². The monoisotopic (exact) mass is 240 g/mol. The first-order valence-electron chi connectivity index (χ1n) is 6.86. The molecule has 1 saturated carbocycles. The summed E-state index contributed by atoms with van der Waals surface area (Å²) in [5.41, 5.74) is 5.87. The summed E-state index contributed by atoms with van der Waals surface area (Å²) < 4.78 is 5.60. The smallest absolute Gasteiger partial charge is 0.225 e. The predicted octanol–water partition coefficient (Wildman–Crippen LogP) is 1.14. The maximum atomic E-state index is 12.3. The van der Waals surface area contributed by atoms with Crippen LogP contribution in [0.3, 0.4) is 0 Å². The maximum absolute atomic E-state index is 12.3. The highest BCUT2D eigenvalue weighted by Crippen LogP contribution is 2.26. The first-order valence-corrected chi connectivity index (χ1v) is 6.86. The minimum atomic E-state index is 0.159. The molecule has 0 radical (unpaired) electrons. The van der Waals surface area contributed by atoms with Crippen LogP contribution >= 0.6 is 0 Å². The van der Waals surface area contributed by atoms with Crippen LogP contribution in [-0.2, 0) is 9.53 Å². The number of carbonyl (C=O) groups is 1. The van der Waals surface area contributed by atoms with Crippen LogP contribution in [0.1, 0.15) is 39.0 Å². The second kappa shape index (κ2) is 5.83. The Labute approximate surface area is 103 Å². The van der Waals surface area contributed by atoms with Gasteiger partial charge in [0.15, 0.2) is 0 Å². The van der Waals surface area contributed by atoms with E-state index in [2.05, 4.69) is 0 Å². The van der Waals surface area contributed by atoms with Crippen molar-refractivity contribution in [1.29, 1.82) is 0 Å². The lowest BCUT2D eigenvalue weighted by molar-refractivity contribution is -0.136. The number of ether oxygens (including phenoxy) is 1. The van der Waals surface area contributed by atoms with Gasteiger partial charge in [0, 0.05) is 31.7 Å². The lowest BCUT2D eigenvalue weighted by atomic mass is 10.1. The molecule has 3 atom stereocenters. The zero-order chi connectivity index (χ0) is 12.3. The van der Waals surface area contributed by atoms with Crippen molar-refractivity contribution in [2.24, 2.45) is 11.7 Å². The van der Waals surface area contributed by atoms with Crippen molar-refractivity contribution in [3.63, 3.8) is 0 Å². The van der Waals surface area contributed by atoms with Crippen LogP contribution in [0, 0.1) is 5.92 Å². The SMILES string of the molecule is CCN(CC1CCCO1)C(=O)C1CCC(N)C1. The molecule has 1 saturated heterocycles. The zero-order valence-corrected chi connectivity index (χ0v) is 10.7. The molecule has 17 heavy (non-hydrogen) atoms. The molecule has 0 bridgehead atoms. The molecule has 1 heterocycles. The first kappa shape index (κ1) is 12.8. The van der Waals surface area contributed by atoms with Gasteiger partial charge in [-0.05, 0) is 39.0 Å². The van der Waals surface area contributed by atoms with Gasteiger partial charge in [0.1, 0.15) is 0 Å². The minimum absolute atomic E-state index is 0.159. The Bertz CT molecular complexity index is 264. The molecule has 0 aromatic heterocycles. The van der Waals surface area contributed by atoms with Crippen LogP contribution < -0.4 is 5.73 Å². The van der Waals surface area contributed by atoms with E-state index in [4.69, 9.17) is 10.5 Å². The summed E-state index contributed by atoms with van der Waals surface area (Å²) in [6, 6.07) is 0.227. The minimum Gasteiger partial charge on any atom is -0.376 e. The highest BCUT2D eigenvalue weighted by molar-refractivity contribution is 5.79. The van der Waals surface area contributed by atoms with Gasteiger partial charge in [0.25, 0.3) is 0 Å².